The minimum Gasteiger partial charge on any atom is -0.406 e. The van der Waals surface area contributed by atoms with Gasteiger partial charge in [-0.3, -0.25) is 0 Å². The van der Waals surface area contributed by atoms with Gasteiger partial charge in [-0.05, 0) is 36.8 Å². The van der Waals surface area contributed by atoms with Gasteiger partial charge < -0.3 is 15.8 Å². The highest BCUT2D eigenvalue weighted by molar-refractivity contribution is 5.61. The minimum atomic E-state index is -4.69. The van der Waals surface area contributed by atoms with E-state index in [-0.39, 0.29) is 5.75 Å². The van der Waals surface area contributed by atoms with Crippen molar-refractivity contribution in [2.75, 3.05) is 11.1 Å². The largest absolute Gasteiger partial charge is 0.573 e. The Morgan fingerprint density at radius 3 is 2.40 bits per heavy atom. The minimum absolute atomic E-state index is 0.278. The molecule has 0 atom stereocenters. The number of nitrogens with one attached hydrogen (secondary N) is 1. The normalized spacial score (nSPS) is 11.2. The lowest BCUT2D eigenvalue weighted by atomic mass is 10.2. The zero-order chi connectivity index (χ0) is 14.8. The van der Waals surface area contributed by atoms with E-state index in [1.165, 1.54) is 24.3 Å². The molecule has 1 aromatic carbocycles. The maximum absolute atomic E-state index is 12.0. The maximum Gasteiger partial charge on any atom is 0.573 e. The molecule has 1 heterocycles. The molecule has 0 aliphatic rings. The van der Waals surface area contributed by atoms with Crippen molar-refractivity contribution in [3.8, 4) is 5.75 Å². The molecule has 0 saturated heterocycles. The topological polar surface area (TPSA) is 60.2 Å². The van der Waals surface area contributed by atoms with Crippen molar-refractivity contribution >= 4 is 17.2 Å². The number of alkyl halides is 3. The first kappa shape index (κ1) is 14.0. The molecule has 3 N–H and O–H groups in total. The van der Waals surface area contributed by atoms with E-state index >= 15 is 0 Å². The van der Waals surface area contributed by atoms with Gasteiger partial charge in [-0.15, -0.1) is 13.2 Å². The Balaban J connectivity index is 2.08. The molecule has 7 heteroatoms. The molecule has 0 unspecified atom stereocenters. The number of benzene rings is 1. The molecule has 0 fully saturated rings. The molecule has 0 saturated carbocycles. The standard InChI is InChI=1S/C13H12F3N3O/c1-8-7-18-12(6-11(8)17)19-9-2-4-10(5-3-9)20-13(14,15)16/h2-7H,1H3,(H3,17,18,19). The van der Waals surface area contributed by atoms with Gasteiger partial charge in [0.05, 0.1) is 0 Å². The smallest absolute Gasteiger partial charge is 0.406 e. The fourth-order valence-electron chi connectivity index (χ4n) is 1.50. The Bertz CT molecular complexity index is 597. The second-order valence-corrected chi connectivity index (χ2v) is 4.12. The van der Waals surface area contributed by atoms with Crippen molar-refractivity contribution in [3.05, 3.63) is 42.1 Å². The van der Waals surface area contributed by atoms with Crippen LogP contribution in [0, 0.1) is 6.92 Å². The van der Waals surface area contributed by atoms with Gasteiger partial charge in [0.15, 0.2) is 0 Å². The molecule has 0 spiro atoms. The Morgan fingerprint density at radius 1 is 1.20 bits per heavy atom. The zero-order valence-corrected chi connectivity index (χ0v) is 10.5. The number of aromatic nitrogens is 1. The van der Waals surface area contributed by atoms with E-state index in [9.17, 15) is 13.2 Å². The van der Waals surface area contributed by atoms with Crippen molar-refractivity contribution in [2.45, 2.75) is 13.3 Å². The molecule has 0 amide bonds. The Hall–Kier alpha value is -2.44. The van der Waals surface area contributed by atoms with E-state index in [1.807, 2.05) is 6.92 Å². The highest BCUT2D eigenvalue weighted by atomic mass is 19.4. The van der Waals surface area contributed by atoms with Crippen LogP contribution in [0.2, 0.25) is 0 Å². The maximum atomic E-state index is 12.0. The van der Waals surface area contributed by atoms with Gasteiger partial charge in [0, 0.05) is 23.6 Å². The number of ether oxygens (including phenoxy) is 1. The summed E-state index contributed by atoms with van der Waals surface area (Å²) in [5, 5.41) is 2.93. The lowest BCUT2D eigenvalue weighted by Crippen LogP contribution is -2.16. The average molecular weight is 283 g/mol. The number of hydrogen-bond donors (Lipinski definition) is 2. The van der Waals surface area contributed by atoms with Crippen LogP contribution in [0.5, 0.6) is 5.75 Å². The molecule has 2 aromatic rings. The lowest BCUT2D eigenvalue weighted by Gasteiger charge is -2.10. The van der Waals surface area contributed by atoms with Crippen LogP contribution in [0.25, 0.3) is 0 Å². The number of rotatable bonds is 3. The highest BCUT2D eigenvalue weighted by Gasteiger charge is 2.30. The first-order valence-corrected chi connectivity index (χ1v) is 5.68. The summed E-state index contributed by atoms with van der Waals surface area (Å²) >= 11 is 0. The fraction of sp³-hybridized carbons (Fsp3) is 0.154. The summed E-state index contributed by atoms with van der Waals surface area (Å²) in [6.07, 6.45) is -3.08. The van der Waals surface area contributed by atoms with E-state index in [4.69, 9.17) is 5.73 Å². The van der Waals surface area contributed by atoms with E-state index in [2.05, 4.69) is 15.0 Å². The third-order valence-corrected chi connectivity index (χ3v) is 2.51. The summed E-state index contributed by atoms with van der Waals surface area (Å²) in [5.74, 6) is 0.233. The number of halogens is 3. The van der Waals surface area contributed by atoms with Crippen LogP contribution >= 0.6 is 0 Å². The van der Waals surface area contributed by atoms with Crippen LogP contribution in [0.3, 0.4) is 0 Å². The zero-order valence-electron chi connectivity index (χ0n) is 10.5. The van der Waals surface area contributed by atoms with Crippen molar-refractivity contribution in [3.63, 3.8) is 0 Å². The number of nitrogens with two attached hydrogens (primary N) is 1. The number of anilines is 3. The molecule has 1 aromatic heterocycles. The summed E-state index contributed by atoms with van der Waals surface area (Å²) in [6.45, 7) is 1.83. The second kappa shape index (κ2) is 5.28. The van der Waals surface area contributed by atoms with Crippen LogP contribution in [0.1, 0.15) is 5.56 Å². The van der Waals surface area contributed by atoms with Crippen molar-refractivity contribution in [1.82, 2.24) is 4.98 Å². The number of aryl methyl sites for hydroxylation is 1. The Labute approximate surface area is 113 Å². The van der Waals surface area contributed by atoms with Gasteiger partial charge in [0.1, 0.15) is 11.6 Å². The molecule has 2 rings (SSSR count). The predicted molar refractivity (Wildman–Crippen MR) is 69.8 cm³/mol. The van der Waals surface area contributed by atoms with E-state index < -0.39 is 6.36 Å². The van der Waals surface area contributed by atoms with Crippen LogP contribution in [-0.4, -0.2) is 11.3 Å². The third-order valence-electron chi connectivity index (χ3n) is 2.51. The molecule has 106 valence electrons. The van der Waals surface area contributed by atoms with Crippen molar-refractivity contribution in [1.29, 1.82) is 0 Å². The van der Waals surface area contributed by atoms with Gasteiger partial charge in [-0.1, -0.05) is 0 Å². The van der Waals surface area contributed by atoms with Crippen molar-refractivity contribution in [2.24, 2.45) is 0 Å². The summed E-state index contributed by atoms with van der Waals surface area (Å²) in [7, 11) is 0. The van der Waals surface area contributed by atoms with Gasteiger partial charge in [-0.2, -0.15) is 0 Å². The lowest BCUT2D eigenvalue weighted by molar-refractivity contribution is -0.274. The van der Waals surface area contributed by atoms with Crippen LogP contribution in [-0.2, 0) is 0 Å². The van der Waals surface area contributed by atoms with Crippen molar-refractivity contribution < 1.29 is 17.9 Å². The van der Waals surface area contributed by atoms with Gasteiger partial charge in [0.25, 0.3) is 0 Å². The number of nitrogen functional groups attached to an aromatic ring is 1. The molecular weight excluding hydrogens is 271 g/mol. The summed E-state index contributed by atoms with van der Waals surface area (Å²) in [5.41, 5.74) is 7.76. The predicted octanol–water partition coefficient (Wildman–Crippen LogP) is 3.61. The first-order chi connectivity index (χ1) is 9.33. The summed E-state index contributed by atoms with van der Waals surface area (Å²) in [6, 6.07) is 6.99. The van der Waals surface area contributed by atoms with Crippen LogP contribution in [0.15, 0.2) is 36.5 Å². The second-order valence-electron chi connectivity index (χ2n) is 4.12. The molecule has 20 heavy (non-hydrogen) atoms. The van der Waals surface area contributed by atoms with E-state index in [0.717, 1.165) is 5.56 Å². The monoisotopic (exact) mass is 283 g/mol. The molecule has 0 aliphatic carbocycles. The molecule has 0 bridgehead atoms. The number of nitrogens with zero attached hydrogens (tertiary/aromatic N) is 1. The Kier molecular flexibility index (Phi) is 3.69. The van der Waals surface area contributed by atoms with E-state index in [1.54, 1.807) is 12.3 Å². The third kappa shape index (κ3) is 3.78. The number of pyridine rings is 1. The van der Waals surface area contributed by atoms with Crippen LogP contribution < -0.4 is 15.8 Å². The number of hydrogen-bond acceptors (Lipinski definition) is 4. The molecule has 0 aliphatic heterocycles. The van der Waals surface area contributed by atoms with E-state index in [0.29, 0.717) is 17.2 Å². The SMILES string of the molecule is Cc1cnc(Nc2ccc(OC(F)(F)F)cc2)cc1N. The Morgan fingerprint density at radius 2 is 1.85 bits per heavy atom. The van der Waals surface area contributed by atoms with Crippen LogP contribution in [0.4, 0.5) is 30.4 Å². The van der Waals surface area contributed by atoms with Gasteiger partial charge in [-0.25, -0.2) is 4.98 Å². The average Bonchev–Trinajstić information content (AvgIpc) is 2.35. The quantitative estimate of drug-likeness (QED) is 0.903. The first-order valence-electron chi connectivity index (χ1n) is 5.68. The molecule has 0 radical (unpaired) electrons. The van der Waals surface area contributed by atoms with Gasteiger partial charge in [0.2, 0.25) is 0 Å². The summed E-state index contributed by atoms with van der Waals surface area (Å²) < 4.78 is 39.8. The fourth-order valence-corrected chi connectivity index (χ4v) is 1.50. The van der Waals surface area contributed by atoms with Gasteiger partial charge >= 0.3 is 6.36 Å². The summed E-state index contributed by atoms with van der Waals surface area (Å²) in [4.78, 5) is 4.11. The highest BCUT2D eigenvalue weighted by Crippen LogP contribution is 2.25. The molecule has 4 nitrogen and oxygen atoms in total. The molecular formula is C13H12F3N3O.